The van der Waals surface area contributed by atoms with E-state index in [0.29, 0.717) is 19.0 Å². The van der Waals surface area contributed by atoms with E-state index in [2.05, 4.69) is 20.9 Å². The number of hydrogen-bond donors (Lipinski definition) is 0. The van der Waals surface area contributed by atoms with Gasteiger partial charge in [0.15, 0.2) is 0 Å². The van der Waals surface area contributed by atoms with Crippen LogP contribution in [-0.4, -0.2) is 40.8 Å². The second-order valence-corrected chi connectivity index (χ2v) is 6.69. The Kier molecular flexibility index (Phi) is 4.52. The predicted octanol–water partition coefficient (Wildman–Crippen LogP) is 3.23. The molecule has 0 unspecified atom stereocenters. The van der Waals surface area contributed by atoms with Crippen molar-refractivity contribution < 1.29 is 14.3 Å². The zero-order chi connectivity index (χ0) is 14.8. The van der Waals surface area contributed by atoms with Gasteiger partial charge in [0, 0.05) is 29.7 Å². The molecule has 2 rings (SSSR count). The van der Waals surface area contributed by atoms with Crippen LogP contribution < -0.4 is 4.74 Å². The lowest BCUT2D eigenvalue weighted by Gasteiger charge is -2.24. The summed E-state index contributed by atoms with van der Waals surface area (Å²) < 4.78 is 12.0. The number of carbonyl (C=O) groups is 1. The summed E-state index contributed by atoms with van der Waals surface area (Å²) in [5.74, 6) is 0.573. The minimum Gasteiger partial charge on any atom is -0.472 e. The Bertz CT molecular complexity index is 470. The molecule has 1 aliphatic rings. The first-order valence-corrected chi connectivity index (χ1v) is 7.39. The maximum atomic E-state index is 11.9. The number of rotatable bonds is 2. The number of carbonyl (C=O) groups excluding carboxylic acids is 1. The molecule has 2 heterocycles. The number of likely N-dealkylation sites (tertiary alicyclic amines) is 1. The molecule has 0 aromatic carbocycles. The van der Waals surface area contributed by atoms with E-state index >= 15 is 0 Å². The summed E-state index contributed by atoms with van der Waals surface area (Å²) in [6.07, 6.45) is 2.16. The SMILES string of the molecule is CC(C)(C)OC(=O)N1CC[C@H](Oc2ccc(Br)cn2)C1. The van der Waals surface area contributed by atoms with E-state index in [1.165, 1.54) is 0 Å². The zero-order valence-corrected chi connectivity index (χ0v) is 13.5. The Morgan fingerprint density at radius 2 is 2.20 bits per heavy atom. The molecule has 1 aliphatic heterocycles. The lowest BCUT2D eigenvalue weighted by molar-refractivity contribution is 0.0275. The van der Waals surface area contributed by atoms with E-state index in [1.807, 2.05) is 26.8 Å². The van der Waals surface area contributed by atoms with Gasteiger partial charge in [0.2, 0.25) is 5.88 Å². The van der Waals surface area contributed by atoms with Crippen molar-refractivity contribution in [3.63, 3.8) is 0 Å². The second kappa shape index (κ2) is 5.99. The van der Waals surface area contributed by atoms with E-state index < -0.39 is 5.60 Å². The molecule has 1 aromatic heterocycles. The van der Waals surface area contributed by atoms with Gasteiger partial charge < -0.3 is 14.4 Å². The van der Waals surface area contributed by atoms with Crippen LogP contribution in [0.15, 0.2) is 22.8 Å². The maximum absolute atomic E-state index is 11.9. The number of pyridine rings is 1. The third-order valence-corrected chi connectivity index (χ3v) is 3.25. The van der Waals surface area contributed by atoms with Gasteiger partial charge in [-0.05, 0) is 42.8 Å². The van der Waals surface area contributed by atoms with Crippen LogP contribution in [0.25, 0.3) is 0 Å². The molecular formula is C14H19BrN2O3. The van der Waals surface area contributed by atoms with Crippen molar-refractivity contribution in [1.82, 2.24) is 9.88 Å². The van der Waals surface area contributed by atoms with Crippen LogP contribution in [0.3, 0.4) is 0 Å². The number of nitrogens with zero attached hydrogens (tertiary/aromatic N) is 2. The summed E-state index contributed by atoms with van der Waals surface area (Å²) in [5.41, 5.74) is -0.469. The topological polar surface area (TPSA) is 51.7 Å². The van der Waals surface area contributed by atoms with Gasteiger partial charge >= 0.3 is 6.09 Å². The van der Waals surface area contributed by atoms with E-state index in [1.54, 1.807) is 17.2 Å². The molecular weight excluding hydrogens is 324 g/mol. The van der Waals surface area contributed by atoms with Gasteiger partial charge in [-0.2, -0.15) is 0 Å². The quantitative estimate of drug-likeness (QED) is 0.827. The molecule has 0 bridgehead atoms. The number of ether oxygens (including phenoxy) is 2. The minimum absolute atomic E-state index is 0.0313. The summed E-state index contributed by atoms with van der Waals surface area (Å²) in [6.45, 7) is 6.77. The summed E-state index contributed by atoms with van der Waals surface area (Å²) in [4.78, 5) is 17.8. The van der Waals surface area contributed by atoms with Crippen molar-refractivity contribution >= 4 is 22.0 Å². The molecule has 20 heavy (non-hydrogen) atoms. The van der Waals surface area contributed by atoms with Crippen LogP contribution in [0.4, 0.5) is 4.79 Å². The van der Waals surface area contributed by atoms with E-state index in [0.717, 1.165) is 10.9 Å². The van der Waals surface area contributed by atoms with Crippen molar-refractivity contribution in [3.8, 4) is 5.88 Å². The first-order valence-electron chi connectivity index (χ1n) is 6.59. The number of hydrogen-bond acceptors (Lipinski definition) is 4. The van der Waals surface area contributed by atoms with Gasteiger partial charge in [-0.15, -0.1) is 0 Å². The highest BCUT2D eigenvalue weighted by Crippen LogP contribution is 2.20. The highest BCUT2D eigenvalue weighted by molar-refractivity contribution is 9.10. The molecule has 1 atom stereocenters. The maximum Gasteiger partial charge on any atom is 0.410 e. The van der Waals surface area contributed by atoms with E-state index in [9.17, 15) is 4.79 Å². The first kappa shape index (κ1) is 15.1. The monoisotopic (exact) mass is 342 g/mol. The molecule has 110 valence electrons. The van der Waals surface area contributed by atoms with Crippen molar-refractivity contribution in [2.45, 2.75) is 38.9 Å². The lowest BCUT2D eigenvalue weighted by Crippen LogP contribution is -2.36. The van der Waals surface area contributed by atoms with Gasteiger partial charge in [0.05, 0.1) is 6.54 Å². The average Bonchev–Trinajstić information content (AvgIpc) is 2.79. The predicted molar refractivity (Wildman–Crippen MR) is 78.8 cm³/mol. The normalized spacial score (nSPS) is 19.0. The third-order valence-electron chi connectivity index (χ3n) is 2.78. The Labute approximate surface area is 127 Å². The summed E-state index contributed by atoms with van der Waals surface area (Å²) in [6, 6.07) is 3.68. The van der Waals surface area contributed by atoms with Crippen molar-refractivity contribution in [2.24, 2.45) is 0 Å². The fraction of sp³-hybridized carbons (Fsp3) is 0.571. The van der Waals surface area contributed by atoms with Crippen molar-refractivity contribution in [2.75, 3.05) is 13.1 Å². The molecule has 1 saturated heterocycles. The Hall–Kier alpha value is -1.30. The smallest absolute Gasteiger partial charge is 0.410 e. The largest absolute Gasteiger partial charge is 0.472 e. The fourth-order valence-corrected chi connectivity index (χ4v) is 2.15. The van der Waals surface area contributed by atoms with Crippen LogP contribution in [-0.2, 0) is 4.74 Å². The van der Waals surface area contributed by atoms with Gasteiger partial charge in [-0.1, -0.05) is 0 Å². The molecule has 0 saturated carbocycles. The van der Waals surface area contributed by atoms with Crippen LogP contribution >= 0.6 is 15.9 Å². The van der Waals surface area contributed by atoms with E-state index in [4.69, 9.17) is 9.47 Å². The van der Waals surface area contributed by atoms with Gasteiger partial charge in [-0.25, -0.2) is 9.78 Å². The standard InChI is InChI=1S/C14H19BrN2O3/c1-14(2,3)20-13(18)17-7-6-11(9-17)19-12-5-4-10(15)8-16-12/h4-5,8,11H,6-7,9H2,1-3H3/t11-/m0/s1. The Morgan fingerprint density at radius 1 is 1.45 bits per heavy atom. The van der Waals surface area contributed by atoms with Crippen LogP contribution in [0.1, 0.15) is 27.2 Å². The molecule has 5 nitrogen and oxygen atoms in total. The van der Waals surface area contributed by atoms with Crippen LogP contribution in [0.2, 0.25) is 0 Å². The zero-order valence-electron chi connectivity index (χ0n) is 11.9. The molecule has 0 N–H and O–H groups in total. The van der Waals surface area contributed by atoms with Crippen molar-refractivity contribution in [3.05, 3.63) is 22.8 Å². The molecule has 1 fully saturated rings. The number of aromatic nitrogens is 1. The second-order valence-electron chi connectivity index (χ2n) is 5.77. The molecule has 1 aromatic rings. The van der Waals surface area contributed by atoms with E-state index in [-0.39, 0.29) is 12.2 Å². The third kappa shape index (κ3) is 4.37. The highest BCUT2D eigenvalue weighted by Gasteiger charge is 2.30. The highest BCUT2D eigenvalue weighted by atomic mass is 79.9. The average molecular weight is 343 g/mol. The molecule has 0 spiro atoms. The van der Waals surface area contributed by atoms with Gasteiger partial charge in [0.1, 0.15) is 11.7 Å². The minimum atomic E-state index is -0.469. The molecule has 1 amide bonds. The summed E-state index contributed by atoms with van der Waals surface area (Å²) in [5, 5.41) is 0. The van der Waals surface area contributed by atoms with Crippen LogP contribution in [0.5, 0.6) is 5.88 Å². The van der Waals surface area contributed by atoms with Crippen molar-refractivity contribution in [1.29, 1.82) is 0 Å². The molecule has 0 aliphatic carbocycles. The van der Waals surface area contributed by atoms with Gasteiger partial charge in [0.25, 0.3) is 0 Å². The number of amides is 1. The first-order chi connectivity index (χ1) is 9.33. The molecule has 6 heteroatoms. The van der Waals surface area contributed by atoms with Gasteiger partial charge in [-0.3, -0.25) is 0 Å². The summed E-state index contributed by atoms with van der Waals surface area (Å²) >= 11 is 3.33. The Balaban J connectivity index is 1.86. The number of halogens is 1. The van der Waals surface area contributed by atoms with Crippen LogP contribution in [0, 0.1) is 0 Å². The summed E-state index contributed by atoms with van der Waals surface area (Å²) in [7, 11) is 0. The Morgan fingerprint density at radius 3 is 2.80 bits per heavy atom. The lowest BCUT2D eigenvalue weighted by atomic mass is 10.2. The molecule has 0 radical (unpaired) electrons. The fourth-order valence-electron chi connectivity index (χ4n) is 1.92.